The molecule has 7 nitrogen and oxygen atoms in total. The molecule has 0 aliphatic carbocycles. The first-order valence-corrected chi connectivity index (χ1v) is 8.43. The molecule has 0 bridgehead atoms. The van der Waals surface area contributed by atoms with E-state index in [9.17, 15) is 10.4 Å². The number of anilines is 1. The Hall–Kier alpha value is -2.57. The van der Waals surface area contributed by atoms with Crippen molar-refractivity contribution in [2.75, 3.05) is 18.1 Å². The largest absolute Gasteiger partial charge is 0.510 e. The van der Waals surface area contributed by atoms with Crippen LogP contribution in [0, 0.1) is 11.3 Å². The number of hydrogen-bond acceptors (Lipinski definition) is 8. The molecular formula is C14H12N6OS2. The predicted molar refractivity (Wildman–Crippen MR) is 91.4 cm³/mol. The molecule has 9 heteroatoms. The van der Waals surface area contributed by atoms with Gasteiger partial charge in [0.05, 0.1) is 16.8 Å². The van der Waals surface area contributed by atoms with Crippen molar-refractivity contribution in [1.82, 2.24) is 20.2 Å². The summed E-state index contributed by atoms with van der Waals surface area (Å²) in [4.78, 5) is 7.38. The number of aromatic nitrogens is 4. The molecule has 0 amide bonds. The zero-order valence-corrected chi connectivity index (χ0v) is 13.7. The Bertz CT molecular complexity index is 874. The average molecular weight is 344 g/mol. The van der Waals surface area contributed by atoms with E-state index in [1.807, 2.05) is 30.3 Å². The van der Waals surface area contributed by atoms with E-state index < -0.39 is 0 Å². The second-order valence-corrected chi connectivity index (χ2v) is 6.65. The van der Waals surface area contributed by atoms with Crippen molar-refractivity contribution in [3.63, 3.8) is 0 Å². The molecule has 0 unspecified atom stereocenters. The van der Waals surface area contributed by atoms with E-state index in [-0.39, 0.29) is 17.1 Å². The smallest absolute Gasteiger partial charge is 0.206 e. The van der Waals surface area contributed by atoms with Crippen molar-refractivity contribution in [3.8, 4) is 6.07 Å². The summed E-state index contributed by atoms with van der Waals surface area (Å²) in [5.74, 6) is 0.538. The Morgan fingerprint density at radius 2 is 2.26 bits per heavy atom. The van der Waals surface area contributed by atoms with Crippen LogP contribution in [0.25, 0.3) is 16.6 Å². The second kappa shape index (κ2) is 6.68. The zero-order valence-electron chi connectivity index (χ0n) is 12.1. The van der Waals surface area contributed by atoms with Gasteiger partial charge in [0.25, 0.3) is 0 Å². The van der Waals surface area contributed by atoms with Gasteiger partial charge in [-0.1, -0.05) is 35.2 Å². The van der Waals surface area contributed by atoms with Gasteiger partial charge in [0, 0.05) is 7.05 Å². The van der Waals surface area contributed by atoms with Gasteiger partial charge in [0.15, 0.2) is 10.2 Å². The number of thioether (sulfide) groups is 1. The first-order valence-electron chi connectivity index (χ1n) is 6.62. The first-order chi connectivity index (χ1) is 11.2. The molecule has 3 aromatic rings. The van der Waals surface area contributed by atoms with Crippen molar-refractivity contribution in [2.45, 2.75) is 4.34 Å². The number of H-pyrrole nitrogens is 1. The third-order valence-electron chi connectivity index (χ3n) is 2.98. The number of nitriles is 1. The summed E-state index contributed by atoms with van der Waals surface area (Å²) in [5.41, 5.74) is 1.70. The van der Waals surface area contributed by atoms with Crippen molar-refractivity contribution in [3.05, 3.63) is 35.8 Å². The Labute approximate surface area is 140 Å². The number of aliphatic hydroxyl groups excluding tert-OH is 1. The molecule has 0 spiro atoms. The lowest BCUT2D eigenvalue weighted by atomic mass is 10.2. The minimum absolute atomic E-state index is 0.0437. The number of aliphatic hydroxyl groups is 1. The van der Waals surface area contributed by atoms with Crippen LogP contribution < -0.4 is 5.32 Å². The van der Waals surface area contributed by atoms with Crippen molar-refractivity contribution >= 4 is 44.8 Å². The molecule has 0 aliphatic heterocycles. The first kappa shape index (κ1) is 15.3. The van der Waals surface area contributed by atoms with Crippen molar-refractivity contribution in [1.29, 1.82) is 5.26 Å². The lowest BCUT2D eigenvalue weighted by molar-refractivity contribution is 0.420. The monoisotopic (exact) mass is 344 g/mol. The molecule has 3 N–H and O–H groups in total. The van der Waals surface area contributed by atoms with Crippen LogP contribution in [0.2, 0.25) is 0 Å². The van der Waals surface area contributed by atoms with Gasteiger partial charge < -0.3 is 15.4 Å². The fourth-order valence-electron chi connectivity index (χ4n) is 1.90. The fraction of sp³-hybridized carbons (Fsp3) is 0.143. The molecule has 0 fully saturated rings. The standard InChI is InChI=1S/C14H12N6OS2/c1-16-13-19-20-14(23-13)22-7-11(21)8(6-15)12-17-9-4-2-3-5-10(9)18-12/h2-5,21H,7H2,1H3,(H,16,19)(H,17,18)/b11-8-. The number of rotatable bonds is 5. The topological polar surface area (TPSA) is 111 Å². The van der Waals surface area contributed by atoms with Crippen LogP contribution in [-0.4, -0.2) is 38.1 Å². The van der Waals surface area contributed by atoms with Gasteiger partial charge in [0.1, 0.15) is 17.4 Å². The fourth-order valence-corrected chi connectivity index (χ4v) is 3.48. The maximum atomic E-state index is 10.2. The Morgan fingerprint density at radius 3 is 2.96 bits per heavy atom. The average Bonchev–Trinajstić information content (AvgIpc) is 3.20. The van der Waals surface area contributed by atoms with E-state index in [4.69, 9.17) is 0 Å². The molecule has 23 heavy (non-hydrogen) atoms. The number of imidazole rings is 1. The number of benzene rings is 1. The maximum Gasteiger partial charge on any atom is 0.206 e. The summed E-state index contributed by atoms with van der Waals surface area (Å²) < 4.78 is 0.711. The lowest BCUT2D eigenvalue weighted by Crippen LogP contribution is -1.95. The SMILES string of the molecule is CNc1nnc(SC/C(O)=C(\C#N)c2nc3ccccc3[nH]2)s1. The third kappa shape index (κ3) is 3.28. The third-order valence-corrected chi connectivity index (χ3v) is 5.06. The lowest BCUT2D eigenvalue weighted by Gasteiger charge is -2.00. The number of allylic oxidation sites excluding steroid dienone is 1. The highest BCUT2D eigenvalue weighted by Gasteiger charge is 2.14. The van der Waals surface area contributed by atoms with Gasteiger partial charge in [-0.15, -0.1) is 10.2 Å². The van der Waals surface area contributed by atoms with E-state index in [1.165, 1.54) is 23.1 Å². The summed E-state index contributed by atoms with van der Waals surface area (Å²) >= 11 is 2.70. The normalized spacial score (nSPS) is 12.0. The van der Waals surface area contributed by atoms with Gasteiger partial charge in [-0.25, -0.2) is 4.98 Å². The van der Waals surface area contributed by atoms with Gasteiger partial charge >= 0.3 is 0 Å². The number of fused-ring (bicyclic) bond motifs is 1. The van der Waals surface area contributed by atoms with E-state index in [0.29, 0.717) is 15.3 Å². The molecule has 2 heterocycles. The van der Waals surface area contributed by atoms with E-state index in [0.717, 1.165) is 11.0 Å². The molecule has 0 saturated carbocycles. The molecule has 116 valence electrons. The van der Waals surface area contributed by atoms with Gasteiger partial charge in [-0.3, -0.25) is 0 Å². The van der Waals surface area contributed by atoms with Crippen LogP contribution in [-0.2, 0) is 0 Å². The second-order valence-electron chi connectivity index (χ2n) is 4.45. The van der Waals surface area contributed by atoms with Gasteiger partial charge in [0.2, 0.25) is 5.13 Å². The number of nitrogens with zero attached hydrogens (tertiary/aromatic N) is 4. The number of hydrogen-bond donors (Lipinski definition) is 3. The minimum atomic E-state index is -0.0437. The summed E-state index contributed by atoms with van der Waals surface area (Å²) in [6.45, 7) is 0. The molecule has 0 radical (unpaired) electrons. The van der Waals surface area contributed by atoms with E-state index in [1.54, 1.807) is 7.05 Å². The highest BCUT2D eigenvalue weighted by Crippen LogP contribution is 2.28. The van der Waals surface area contributed by atoms with Crippen molar-refractivity contribution in [2.24, 2.45) is 0 Å². The molecule has 1 aromatic carbocycles. The van der Waals surface area contributed by atoms with Gasteiger partial charge in [-0.2, -0.15) is 5.26 Å². The highest BCUT2D eigenvalue weighted by molar-refractivity contribution is 8.01. The summed E-state index contributed by atoms with van der Waals surface area (Å²) in [6.07, 6.45) is 0. The summed E-state index contributed by atoms with van der Waals surface area (Å²) in [7, 11) is 1.77. The number of para-hydroxylation sites is 2. The highest BCUT2D eigenvalue weighted by atomic mass is 32.2. The predicted octanol–water partition coefficient (Wildman–Crippen LogP) is 3.04. The van der Waals surface area contributed by atoms with Gasteiger partial charge in [-0.05, 0) is 12.1 Å². The molecular weight excluding hydrogens is 332 g/mol. The Kier molecular flexibility index (Phi) is 4.45. The molecule has 2 aromatic heterocycles. The van der Waals surface area contributed by atoms with E-state index in [2.05, 4.69) is 25.5 Å². The van der Waals surface area contributed by atoms with Crippen LogP contribution in [0.5, 0.6) is 0 Å². The minimum Gasteiger partial charge on any atom is -0.510 e. The summed E-state index contributed by atoms with van der Waals surface area (Å²) in [5, 5.41) is 31.1. The van der Waals surface area contributed by atoms with Crippen LogP contribution in [0.15, 0.2) is 34.4 Å². The quantitative estimate of drug-likeness (QED) is 0.370. The van der Waals surface area contributed by atoms with E-state index >= 15 is 0 Å². The molecule has 3 rings (SSSR count). The molecule has 0 atom stereocenters. The Morgan fingerprint density at radius 1 is 1.43 bits per heavy atom. The zero-order chi connectivity index (χ0) is 16.2. The number of aromatic amines is 1. The maximum absolute atomic E-state index is 10.2. The van der Waals surface area contributed by atoms with Crippen LogP contribution in [0.4, 0.5) is 5.13 Å². The molecule has 0 aliphatic rings. The van der Waals surface area contributed by atoms with Crippen molar-refractivity contribution < 1.29 is 5.11 Å². The van der Waals surface area contributed by atoms with Crippen LogP contribution in [0.3, 0.4) is 0 Å². The molecule has 0 saturated heterocycles. The van der Waals surface area contributed by atoms with Crippen LogP contribution in [0.1, 0.15) is 5.82 Å². The Balaban J connectivity index is 1.82. The van der Waals surface area contributed by atoms with Crippen LogP contribution >= 0.6 is 23.1 Å². The summed E-state index contributed by atoms with van der Waals surface area (Å²) in [6, 6.07) is 9.47. The number of nitrogens with one attached hydrogen (secondary N) is 2.